The summed E-state index contributed by atoms with van der Waals surface area (Å²) in [5, 5.41) is 17.1. The number of nitrogens with zero attached hydrogens (tertiary/aromatic N) is 3. The topological polar surface area (TPSA) is 108 Å². The van der Waals surface area contributed by atoms with Crippen LogP contribution >= 0.6 is 11.8 Å². The Labute approximate surface area is 206 Å². The maximum Gasteiger partial charge on any atom is 0.416 e. The largest absolute Gasteiger partial charge is 0.497 e. The van der Waals surface area contributed by atoms with Gasteiger partial charge in [0.1, 0.15) is 11.8 Å². The van der Waals surface area contributed by atoms with Crippen LogP contribution in [0.5, 0.6) is 5.75 Å². The number of aromatic nitrogens is 2. The molecule has 8 nitrogen and oxygen atoms in total. The number of halogens is 3. The van der Waals surface area contributed by atoms with E-state index in [1.807, 2.05) is 0 Å². The second kappa shape index (κ2) is 9.01. The number of methoxy groups -OCH3 is 1. The standard InChI is InChI=1S/C24H19F3N4O4S/c1-35-15-4-2-13(17(10-15)24(25,26)27)9-16(12-3-5-18-14(8-12)11-28-30-18)20-21(32)29-23(36-20)31-7-6-19(31)22(33)34/h2-5,8,10-11,19H,6-7,9H2,1H3,(H,28,30)(H,33,34)/t19-/m0/s1. The highest BCUT2D eigenvalue weighted by molar-refractivity contribution is 8.18. The van der Waals surface area contributed by atoms with E-state index in [0.717, 1.165) is 28.7 Å². The van der Waals surface area contributed by atoms with E-state index in [0.29, 0.717) is 24.1 Å². The summed E-state index contributed by atoms with van der Waals surface area (Å²) in [5.41, 5.74) is 0.728. The van der Waals surface area contributed by atoms with E-state index in [9.17, 15) is 27.9 Å². The lowest BCUT2D eigenvalue weighted by Gasteiger charge is -2.38. The number of amides is 1. The lowest BCUT2D eigenvalue weighted by Crippen LogP contribution is -2.54. The van der Waals surface area contributed by atoms with Crippen LogP contribution in [0.15, 0.2) is 52.5 Å². The summed E-state index contributed by atoms with van der Waals surface area (Å²) in [5.74, 6) is -1.57. The lowest BCUT2D eigenvalue weighted by atomic mass is 9.93. The van der Waals surface area contributed by atoms with Crippen LogP contribution in [0.3, 0.4) is 0 Å². The summed E-state index contributed by atoms with van der Waals surface area (Å²) in [6.07, 6.45) is -2.85. The summed E-state index contributed by atoms with van der Waals surface area (Å²) in [6, 6.07) is 8.10. The number of nitrogens with one attached hydrogen (secondary N) is 1. The Bertz CT molecular complexity index is 1450. The number of aliphatic carboxylic acids is 1. The van der Waals surface area contributed by atoms with Crippen molar-refractivity contribution in [2.75, 3.05) is 13.7 Å². The zero-order valence-electron chi connectivity index (χ0n) is 18.8. The third kappa shape index (κ3) is 4.32. The number of ether oxygens (including phenoxy) is 1. The maximum atomic E-state index is 13.9. The number of thioether (sulfide) groups is 1. The zero-order valence-corrected chi connectivity index (χ0v) is 19.6. The van der Waals surface area contributed by atoms with Crippen LogP contribution in [-0.4, -0.2) is 56.9 Å². The van der Waals surface area contributed by atoms with Gasteiger partial charge in [-0.3, -0.25) is 9.89 Å². The van der Waals surface area contributed by atoms with Gasteiger partial charge < -0.3 is 14.7 Å². The number of H-pyrrole nitrogens is 1. The third-order valence-corrected chi connectivity index (χ3v) is 7.32. The molecule has 0 unspecified atom stereocenters. The fourth-order valence-corrected chi connectivity index (χ4v) is 5.31. The fraction of sp³-hybridized carbons (Fsp3) is 0.250. The van der Waals surface area contributed by atoms with Gasteiger partial charge in [0.25, 0.3) is 5.91 Å². The van der Waals surface area contributed by atoms with Gasteiger partial charge in [-0.1, -0.05) is 12.1 Å². The van der Waals surface area contributed by atoms with Gasteiger partial charge in [-0.15, -0.1) is 0 Å². The number of likely N-dealkylation sites (tertiary alicyclic amines) is 1. The SMILES string of the molecule is COc1ccc(CC(=C2SC(N3CC[C@H]3C(=O)O)=NC2=O)c2ccc3[nH]ncc3c2)c(C(F)(F)F)c1. The van der Waals surface area contributed by atoms with Crippen LogP contribution in [-0.2, 0) is 22.2 Å². The molecule has 5 rings (SSSR count). The van der Waals surface area contributed by atoms with E-state index in [2.05, 4.69) is 15.2 Å². The number of allylic oxidation sites excluding steroid dienone is 1. The molecule has 0 spiro atoms. The maximum absolute atomic E-state index is 13.9. The van der Waals surface area contributed by atoms with Crippen molar-refractivity contribution in [1.82, 2.24) is 15.1 Å². The number of carbonyl (C=O) groups excluding carboxylic acids is 1. The first-order valence-corrected chi connectivity index (χ1v) is 11.7. The quantitative estimate of drug-likeness (QED) is 0.486. The summed E-state index contributed by atoms with van der Waals surface area (Å²) < 4.78 is 46.8. The second-order valence-corrected chi connectivity index (χ2v) is 9.29. The summed E-state index contributed by atoms with van der Waals surface area (Å²) in [4.78, 5) is 30.2. The minimum atomic E-state index is -4.64. The molecule has 1 saturated heterocycles. The number of hydrogen-bond acceptors (Lipinski definition) is 6. The van der Waals surface area contributed by atoms with E-state index < -0.39 is 29.7 Å². The molecule has 186 valence electrons. The van der Waals surface area contributed by atoms with E-state index in [1.165, 1.54) is 24.1 Å². The van der Waals surface area contributed by atoms with Crippen LogP contribution in [0.4, 0.5) is 13.2 Å². The van der Waals surface area contributed by atoms with Crippen molar-refractivity contribution in [3.8, 4) is 5.75 Å². The van der Waals surface area contributed by atoms with Crippen LogP contribution in [0, 0.1) is 0 Å². The normalized spacial score (nSPS) is 19.3. The van der Waals surface area contributed by atoms with E-state index in [1.54, 1.807) is 24.4 Å². The molecule has 1 fully saturated rings. The Morgan fingerprint density at radius 1 is 1.28 bits per heavy atom. The number of carbonyl (C=O) groups is 2. The van der Waals surface area contributed by atoms with E-state index in [-0.39, 0.29) is 27.8 Å². The number of fused-ring (bicyclic) bond motifs is 1. The van der Waals surface area contributed by atoms with Gasteiger partial charge in [0.2, 0.25) is 0 Å². The van der Waals surface area contributed by atoms with Gasteiger partial charge in [0, 0.05) is 11.9 Å². The third-order valence-electron chi connectivity index (χ3n) is 6.19. The molecule has 3 aromatic rings. The number of carboxylic acids is 1. The van der Waals surface area contributed by atoms with Crippen molar-refractivity contribution in [2.45, 2.75) is 25.1 Å². The van der Waals surface area contributed by atoms with E-state index in [4.69, 9.17) is 4.74 Å². The number of benzene rings is 2. The van der Waals surface area contributed by atoms with Gasteiger partial charge in [-0.2, -0.15) is 23.3 Å². The molecule has 1 atom stereocenters. The Morgan fingerprint density at radius 2 is 2.08 bits per heavy atom. The molecular formula is C24H19F3N4O4S. The molecule has 3 heterocycles. The highest BCUT2D eigenvalue weighted by Crippen LogP contribution is 2.42. The highest BCUT2D eigenvalue weighted by atomic mass is 32.2. The van der Waals surface area contributed by atoms with Gasteiger partial charge >= 0.3 is 12.1 Å². The van der Waals surface area contributed by atoms with Crippen molar-refractivity contribution in [3.05, 3.63) is 64.2 Å². The average Bonchev–Trinajstić information content (AvgIpc) is 3.41. The van der Waals surface area contributed by atoms with Crippen molar-refractivity contribution in [1.29, 1.82) is 0 Å². The molecule has 1 amide bonds. The highest BCUT2D eigenvalue weighted by Gasteiger charge is 2.41. The number of hydrogen-bond donors (Lipinski definition) is 2. The van der Waals surface area contributed by atoms with Crippen LogP contribution in [0.1, 0.15) is 23.1 Å². The molecule has 36 heavy (non-hydrogen) atoms. The lowest BCUT2D eigenvalue weighted by molar-refractivity contribution is -0.145. The first-order valence-electron chi connectivity index (χ1n) is 10.9. The van der Waals surface area contributed by atoms with Gasteiger partial charge in [0.15, 0.2) is 5.17 Å². The van der Waals surface area contributed by atoms with Crippen LogP contribution in [0.25, 0.3) is 16.5 Å². The molecular weight excluding hydrogens is 497 g/mol. The van der Waals surface area contributed by atoms with Crippen molar-refractivity contribution >= 4 is 45.3 Å². The monoisotopic (exact) mass is 516 g/mol. The number of carboxylic acid groups (broad SMARTS) is 1. The first-order chi connectivity index (χ1) is 17.2. The van der Waals surface area contributed by atoms with Gasteiger partial charge in [0.05, 0.1) is 29.3 Å². The number of aliphatic imine (C=N–C) groups is 1. The number of alkyl halides is 3. The molecule has 2 aliphatic heterocycles. The molecule has 2 aromatic carbocycles. The number of amidine groups is 1. The van der Waals surface area contributed by atoms with Gasteiger partial charge in [-0.25, -0.2) is 4.79 Å². The predicted molar refractivity (Wildman–Crippen MR) is 127 cm³/mol. The smallest absolute Gasteiger partial charge is 0.416 e. The summed E-state index contributed by atoms with van der Waals surface area (Å²) in [7, 11) is 1.29. The minimum Gasteiger partial charge on any atom is -0.497 e. The summed E-state index contributed by atoms with van der Waals surface area (Å²) >= 11 is 0.988. The Hall–Kier alpha value is -3.80. The van der Waals surface area contributed by atoms with Crippen molar-refractivity contribution in [3.63, 3.8) is 0 Å². The minimum absolute atomic E-state index is 0.0349. The number of aromatic amines is 1. The zero-order chi connectivity index (χ0) is 25.6. The van der Waals surface area contributed by atoms with Crippen LogP contribution in [0.2, 0.25) is 0 Å². The molecule has 0 aliphatic carbocycles. The van der Waals surface area contributed by atoms with Crippen molar-refractivity contribution < 1.29 is 32.6 Å². The predicted octanol–water partition coefficient (Wildman–Crippen LogP) is 4.33. The first kappa shape index (κ1) is 23.9. The second-order valence-electron chi connectivity index (χ2n) is 8.32. The van der Waals surface area contributed by atoms with E-state index >= 15 is 0 Å². The molecule has 12 heteroatoms. The Morgan fingerprint density at radius 3 is 2.75 bits per heavy atom. The van der Waals surface area contributed by atoms with Crippen molar-refractivity contribution in [2.24, 2.45) is 4.99 Å². The molecule has 2 N–H and O–H groups in total. The molecule has 0 radical (unpaired) electrons. The van der Waals surface area contributed by atoms with Gasteiger partial charge in [-0.05, 0) is 65.6 Å². The average molecular weight is 517 g/mol. The fourth-order valence-electron chi connectivity index (χ4n) is 4.22. The Balaban J connectivity index is 1.60. The molecule has 0 bridgehead atoms. The Kier molecular flexibility index (Phi) is 5.99. The number of rotatable bonds is 5. The van der Waals surface area contributed by atoms with Crippen LogP contribution < -0.4 is 4.74 Å². The molecule has 2 aliphatic rings. The summed E-state index contributed by atoms with van der Waals surface area (Å²) in [6.45, 7) is 0.427. The molecule has 1 aromatic heterocycles. The molecule has 0 saturated carbocycles.